The van der Waals surface area contributed by atoms with Gasteiger partial charge in [-0.05, 0) is 24.6 Å². The molecule has 0 radical (unpaired) electrons. The molecular formula is C17H20N4O3S. The summed E-state index contributed by atoms with van der Waals surface area (Å²) in [7, 11) is -1.13. The maximum Gasteiger partial charge on any atom is 0.253 e. The third kappa shape index (κ3) is 4.33. The zero-order valence-corrected chi connectivity index (χ0v) is 14.7. The second-order valence-corrected chi connectivity index (χ2v) is 8.33. The zero-order valence-electron chi connectivity index (χ0n) is 13.9. The van der Waals surface area contributed by atoms with Gasteiger partial charge in [-0.25, -0.2) is 8.42 Å². The number of amides is 1. The number of nitrogens with zero attached hydrogens (tertiary/aromatic N) is 3. The quantitative estimate of drug-likeness (QED) is 0.856. The summed E-state index contributed by atoms with van der Waals surface area (Å²) >= 11 is 0. The molecule has 0 aliphatic carbocycles. The van der Waals surface area contributed by atoms with Crippen molar-refractivity contribution in [2.75, 3.05) is 23.5 Å². The molecule has 1 aliphatic heterocycles. The van der Waals surface area contributed by atoms with E-state index < -0.39 is 9.84 Å². The first kappa shape index (κ1) is 17.3. The molecule has 1 saturated heterocycles. The molecule has 132 valence electrons. The van der Waals surface area contributed by atoms with E-state index in [-0.39, 0.29) is 23.5 Å². The van der Waals surface area contributed by atoms with Gasteiger partial charge < -0.3 is 10.2 Å². The highest BCUT2D eigenvalue weighted by atomic mass is 32.2. The van der Waals surface area contributed by atoms with Gasteiger partial charge in [-0.15, -0.1) is 0 Å². The molecule has 25 heavy (non-hydrogen) atoms. The summed E-state index contributed by atoms with van der Waals surface area (Å²) in [5, 5.41) is 2.81. The van der Waals surface area contributed by atoms with Gasteiger partial charge in [0.05, 0.1) is 41.2 Å². The number of pyridine rings is 2. The van der Waals surface area contributed by atoms with Crippen molar-refractivity contribution in [1.82, 2.24) is 15.3 Å². The number of rotatable bonds is 5. The predicted molar refractivity (Wildman–Crippen MR) is 95.1 cm³/mol. The maximum atomic E-state index is 12.3. The van der Waals surface area contributed by atoms with Crippen molar-refractivity contribution in [3.8, 4) is 0 Å². The predicted octanol–water partition coefficient (Wildman–Crippen LogP) is 1.03. The van der Waals surface area contributed by atoms with Crippen molar-refractivity contribution >= 4 is 21.4 Å². The zero-order chi connectivity index (χ0) is 17.9. The van der Waals surface area contributed by atoms with Crippen molar-refractivity contribution in [2.45, 2.75) is 19.0 Å². The molecule has 8 heteroatoms. The van der Waals surface area contributed by atoms with Gasteiger partial charge in [0.25, 0.3) is 5.91 Å². The lowest BCUT2D eigenvalue weighted by molar-refractivity contribution is 0.0950. The van der Waals surface area contributed by atoms with Crippen LogP contribution < -0.4 is 10.2 Å². The molecule has 1 atom stereocenters. The summed E-state index contributed by atoms with van der Waals surface area (Å²) < 4.78 is 23.3. The van der Waals surface area contributed by atoms with Gasteiger partial charge in [0.1, 0.15) is 0 Å². The van der Waals surface area contributed by atoms with Gasteiger partial charge in [0, 0.05) is 25.5 Å². The van der Waals surface area contributed by atoms with Gasteiger partial charge in [0.2, 0.25) is 0 Å². The fourth-order valence-corrected chi connectivity index (χ4v) is 4.59. The topological polar surface area (TPSA) is 92.3 Å². The number of sulfone groups is 1. The van der Waals surface area contributed by atoms with Crippen LogP contribution in [0.2, 0.25) is 0 Å². The normalized spacial score (nSPS) is 18.7. The Morgan fingerprint density at radius 2 is 2.20 bits per heavy atom. The van der Waals surface area contributed by atoms with Crippen molar-refractivity contribution in [1.29, 1.82) is 0 Å². The monoisotopic (exact) mass is 360 g/mol. The molecule has 2 aromatic rings. The second-order valence-electron chi connectivity index (χ2n) is 6.10. The van der Waals surface area contributed by atoms with Crippen LogP contribution in [0.15, 0.2) is 42.9 Å². The Bertz CT molecular complexity index is 855. The molecule has 0 spiro atoms. The van der Waals surface area contributed by atoms with E-state index >= 15 is 0 Å². The van der Waals surface area contributed by atoms with Crippen molar-refractivity contribution in [3.05, 3.63) is 54.1 Å². The molecule has 3 rings (SSSR count). The summed E-state index contributed by atoms with van der Waals surface area (Å²) in [6, 6.07) is 7.16. The van der Waals surface area contributed by atoms with E-state index in [2.05, 4.69) is 15.3 Å². The molecule has 0 aromatic carbocycles. The Morgan fingerprint density at radius 3 is 2.88 bits per heavy atom. The van der Waals surface area contributed by atoms with Crippen molar-refractivity contribution in [3.63, 3.8) is 0 Å². The van der Waals surface area contributed by atoms with E-state index in [9.17, 15) is 13.2 Å². The van der Waals surface area contributed by atoms with Crippen LogP contribution >= 0.6 is 0 Å². The first-order valence-electron chi connectivity index (χ1n) is 8.01. The third-order valence-electron chi connectivity index (χ3n) is 4.31. The average molecular weight is 360 g/mol. The van der Waals surface area contributed by atoms with E-state index in [4.69, 9.17) is 0 Å². The number of carbonyl (C=O) groups is 1. The summed E-state index contributed by atoms with van der Waals surface area (Å²) in [5.74, 6) is 0.103. The number of carbonyl (C=O) groups excluding carboxylic acids is 1. The Balaban J connectivity index is 1.67. The van der Waals surface area contributed by atoms with Crippen molar-refractivity contribution in [2.24, 2.45) is 0 Å². The molecular weight excluding hydrogens is 340 g/mol. The largest absolute Gasteiger partial charge is 0.369 e. The Morgan fingerprint density at radius 1 is 1.36 bits per heavy atom. The van der Waals surface area contributed by atoms with E-state index in [1.807, 2.05) is 30.1 Å². The molecule has 1 unspecified atom stereocenters. The van der Waals surface area contributed by atoms with E-state index in [1.165, 1.54) is 6.20 Å². The second kappa shape index (κ2) is 7.18. The Kier molecular flexibility index (Phi) is 4.98. The highest BCUT2D eigenvalue weighted by Crippen LogP contribution is 2.23. The average Bonchev–Trinajstić information content (AvgIpc) is 3.00. The van der Waals surface area contributed by atoms with Gasteiger partial charge in [-0.3, -0.25) is 14.8 Å². The SMILES string of the molecule is CN(c1cncc(C(=O)NCc2ccccn2)c1)C1CCS(=O)(=O)C1. The highest BCUT2D eigenvalue weighted by Gasteiger charge is 2.31. The third-order valence-corrected chi connectivity index (χ3v) is 6.06. The molecule has 2 aromatic heterocycles. The standard InChI is InChI=1S/C17H20N4O3S/c1-21(15-5-7-25(23,24)12-15)16-8-13(9-18-11-16)17(22)20-10-14-4-2-3-6-19-14/h2-4,6,8-9,11,15H,5,7,10,12H2,1H3,(H,20,22). The Labute approximate surface area is 147 Å². The smallest absolute Gasteiger partial charge is 0.253 e. The highest BCUT2D eigenvalue weighted by molar-refractivity contribution is 7.91. The first-order valence-corrected chi connectivity index (χ1v) is 9.83. The maximum absolute atomic E-state index is 12.3. The van der Waals surface area contributed by atoms with Crippen LogP contribution in [0.1, 0.15) is 22.5 Å². The number of aromatic nitrogens is 2. The van der Waals surface area contributed by atoms with Gasteiger partial charge in [0.15, 0.2) is 9.84 Å². The minimum Gasteiger partial charge on any atom is -0.369 e. The van der Waals surface area contributed by atoms with Gasteiger partial charge >= 0.3 is 0 Å². The molecule has 1 amide bonds. The molecule has 1 N–H and O–H groups in total. The Hall–Kier alpha value is -2.48. The fraction of sp³-hybridized carbons (Fsp3) is 0.353. The van der Waals surface area contributed by atoms with Gasteiger partial charge in [-0.1, -0.05) is 6.07 Å². The van der Waals surface area contributed by atoms with Crippen LogP contribution in [0.4, 0.5) is 5.69 Å². The van der Waals surface area contributed by atoms with E-state index in [0.29, 0.717) is 18.5 Å². The molecule has 1 aliphatic rings. The van der Waals surface area contributed by atoms with Crippen LogP contribution in [-0.4, -0.2) is 48.9 Å². The minimum atomic E-state index is -2.96. The number of nitrogens with one attached hydrogen (secondary N) is 1. The summed E-state index contributed by atoms with van der Waals surface area (Å²) in [5.41, 5.74) is 1.93. The lowest BCUT2D eigenvalue weighted by atomic mass is 10.2. The molecule has 0 bridgehead atoms. The van der Waals surface area contributed by atoms with Crippen LogP contribution in [0.3, 0.4) is 0 Å². The van der Waals surface area contributed by atoms with E-state index in [1.54, 1.807) is 18.5 Å². The minimum absolute atomic E-state index is 0.0846. The van der Waals surface area contributed by atoms with E-state index in [0.717, 1.165) is 11.4 Å². The van der Waals surface area contributed by atoms with Gasteiger partial charge in [-0.2, -0.15) is 0 Å². The fourth-order valence-electron chi connectivity index (χ4n) is 2.81. The van der Waals surface area contributed by atoms with Crippen molar-refractivity contribution < 1.29 is 13.2 Å². The summed E-state index contributed by atoms with van der Waals surface area (Å²) in [6.45, 7) is 0.334. The summed E-state index contributed by atoms with van der Waals surface area (Å²) in [6.07, 6.45) is 5.40. The van der Waals surface area contributed by atoms with Crippen LogP contribution in [0.25, 0.3) is 0 Å². The molecule has 7 nitrogen and oxygen atoms in total. The molecule has 0 saturated carbocycles. The van der Waals surface area contributed by atoms with Crippen LogP contribution in [-0.2, 0) is 16.4 Å². The summed E-state index contributed by atoms with van der Waals surface area (Å²) in [4.78, 5) is 22.5. The first-order chi connectivity index (χ1) is 11.9. The number of hydrogen-bond acceptors (Lipinski definition) is 6. The number of hydrogen-bond donors (Lipinski definition) is 1. The lowest BCUT2D eigenvalue weighted by Crippen LogP contribution is -2.33. The molecule has 1 fully saturated rings. The number of anilines is 1. The van der Waals surface area contributed by atoms with Crippen LogP contribution in [0.5, 0.6) is 0 Å². The van der Waals surface area contributed by atoms with Crippen LogP contribution in [0, 0.1) is 0 Å². The molecule has 3 heterocycles. The lowest BCUT2D eigenvalue weighted by Gasteiger charge is -2.25.